The van der Waals surface area contributed by atoms with Crippen molar-refractivity contribution in [3.8, 4) is 11.5 Å². The number of furan rings is 1. The molecule has 1 aromatic carbocycles. The second-order valence-corrected chi connectivity index (χ2v) is 4.91. The number of nitrogens with one attached hydrogen (secondary N) is 1. The van der Waals surface area contributed by atoms with E-state index in [-0.39, 0.29) is 5.82 Å². The molecule has 4 nitrogen and oxygen atoms in total. The number of nitrogens with zero attached hydrogens (tertiary/aromatic N) is 2. The lowest BCUT2D eigenvalue weighted by atomic mass is 10.2. The third-order valence-electron chi connectivity index (χ3n) is 3.12. The van der Waals surface area contributed by atoms with Gasteiger partial charge in [0.1, 0.15) is 28.7 Å². The molecule has 0 saturated carbocycles. The van der Waals surface area contributed by atoms with Gasteiger partial charge in [0.15, 0.2) is 5.76 Å². The Balaban J connectivity index is 2.02. The molecular formula is C16H16FN3O. The topological polar surface area (TPSA) is 51.0 Å². The Kier molecular flexibility index (Phi) is 3.56. The van der Waals surface area contributed by atoms with Crippen LogP contribution in [0.2, 0.25) is 0 Å². The molecule has 21 heavy (non-hydrogen) atoms. The molecule has 0 bridgehead atoms. The first-order chi connectivity index (χ1) is 10.2. The zero-order valence-corrected chi connectivity index (χ0v) is 12.0. The molecule has 0 spiro atoms. The molecule has 2 heterocycles. The molecule has 0 aliphatic carbocycles. The molecule has 0 amide bonds. The van der Waals surface area contributed by atoms with E-state index in [0.29, 0.717) is 22.9 Å². The van der Waals surface area contributed by atoms with E-state index in [4.69, 9.17) is 4.42 Å². The summed E-state index contributed by atoms with van der Waals surface area (Å²) in [6.45, 7) is 4.78. The summed E-state index contributed by atoms with van der Waals surface area (Å²) in [6, 6.07) is 8.10. The quantitative estimate of drug-likeness (QED) is 0.782. The lowest BCUT2D eigenvalue weighted by Gasteiger charge is -2.06. The fourth-order valence-corrected chi connectivity index (χ4v) is 2.18. The van der Waals surface area contributed by atoms with Gasteiger partial charge in [-0.2, -0.15) is 0 Å². The fraction of sp³-hybridized carbons (Fsp3) is 0.250. The predicted molar refractivity (Wildman–Crippen MR) is 80.7 cm³/mol. The van der Waals surface area contributed by atoms with Crippen molar-refractivity contribution < 1.29 is 8.81 Å². The number of hydrogen-bond acceptors (Lipinski definition) is 4. The Morgan fingerprint density at radius 2 is 2.05 bits per heavy atom. The monoisotopic (exact) mass is 285 g/mol. The van der Waals surface area contributed by atoms with E-state index < -0.39 is 0 Å². The van der Waals surface area contributed by atoms with Crippen molar-refractivity contribution >= 4 is 16.8 Å². The van der Waals surface area contributed by atoms with E-state index in [1.165, 1.54) is 12.1 Å². The van der Waals surface area contributed by atoms with E-state index in [2.05, 4.69) is 22.2 Å². The lowest BCUT2D eigenvalue weighted by molar-refractivity contribution is 0.617. The summed E-state index contributed by atoms with van der Waals surface area (Å²) in [5, 5.41) is 3.96. The first-order valence-electron chi connectivity index (χ1n) is 6.95. The number of benzene rings is 1. The Morgan fingerprint density at radius 1 is 1.19 bits per heavy atom. The van der Waals surface area contributed by atoms with Crippen LogP contribution in [0.25, 0.3) is 22.4 Å². The van der Waals surface area contributed by atoms with Gasteiger partial charge in [-0.25, -0.2) is 14.4 Å². The summed E-state index contributed by atoms with van der Waals surface area (Å²) in [6.07, 6.45) is 1.02. The van der Waals surface area contributed by atoms with Crippen LogP contribution in [0.4, 0.5) is 10.2 Å². The van der Waals surface area contributed by atoms with Crippen LogP contribution < -0.4 is 5.32 Å². The Labute approximate surface area is 122 Å². The summed E-state index contributed by atoms with van der Waals surface area (Å²) in [5.74, 6) is 1.77. The van der Waals surface area contributed by atoms with Crippen molar-refractivity contribution in [1.29, 1.82) is 0 Å². The van der Waals surface area contributed by atoms with Gasteiger partial charge in [-0.3, -0.25) is 0 Å². The number of hydrogen-bond donors (Lipinski definition) is 1. The molecule has 3 aromatic rings. The van der Waals surface area contributed by atoms with Crippen molar-refractivity contribution in [2.24, 2.45) is 0 Å². The van der Waals surface area contributed by atoms with Gasteiger partial charge in [0.25, 0.3) is 0 Å². The first kappa shape index (κ1) is 13.5. The molecular weight excluding hydrogens is 269 g/mol. The van der Waals surface area contributed by atoms with E-state index in [0.717, 1.165) is 24.2 Å². The molecule has 3 rings (SSSR count). The SMILES string of the molecule is CCCNc1cc(-c2cc3cc(F)ccc3o2)nc(C)n1. The molecule has 0 unspecified atom stereocenters. The van der Waals surface area contributed by atoms with Crippen LogP contribution in [0.5, 0.6) is 0 Å². The summed E-state index contributed by atoms with van der Waals surface area (Å²) >= 11 is 0. The first-order valence-corrected chi connectivity index (χ1v) is 6.95. The molecule has 0 saturated heterocycles. The van der Waals surface area contributed by atoms with Gasteiger partial charge in [-0.05, 0) is 37.6 Å². The van der Waals surface area contributed by atoms with Crippen LogP contribution >= 0.6 is 0 Å². The average Bonchev–Trinajstić information content (AvgIpc) is 2.87. The molecule has 2 aromatic heterocycles. The number of aryl methyl sites for hydroxylation is 1. The highest BCUT2D eigenvalue weighted by Gasteiger charge is 2.10. The van der Waals surface area contributed by atoms with Crippen LogP contribution in [-0.2, 0) is 0 Å². The molecule has 0 fully saturated rings. The smallest absolute Gasteiger partial charge is 0.154 e. The van der Waals surface area contributed by atoms with E-state index in [1.807, 2.05) is 13.0 Å². The Bertz CT molecular complexity index is 782. The van der Waals surface area contributed by atoms with Gasteiger partial charge < -0.3 is 9.73 Å². The van der Waals surface area contributed by atoms with E-state index in [9.17, 15) is 4.39 Å². The zero-order chi connectivity index (χ0) is 14.8. The number of rotatable bonds is 4. The summed E-state index contributed by atoms with van der Waals surface area (Å²) in [7, 11) is 0. The highest BCUT2D eigenvalue weighted by molar-refractivity contribution is 5.82. The van der Waals surface area contributed by atoms with E-state index >= 15 is 0 Å². The third kappa shape index (κ3) is 2.86. The second-order valence-electron chi connectivity index (χ2n) is 4.91. The molecule has 0 atom stereocenters. The zero-order valence-electron chi connectivity index (χ0n) is 12.0. The molecule has 5 heteroatoms. The van der Waals surface area contributed by atoms with Gasteiger partial charge >= 0.3 is 0 Å². The Morgan fingerprint density at radius 3 is 2.86 bits per heavy atom. The summed E-state index contributed by atoms with van der Waals surface area (Å²) < 4.78 is 19.0. The van der Waals surface area contributed by atoms with Crippen molar-refractivity contribution in [2.45, 2.75) is 20.3 Å². The van der Waals surface area contributed by atoms with Crippen LogP contribution in [0.1, 0.15) is 19.2 Å². The summed E-state index contributed by atoms with van der Waals surface area (Å²) in [4.78, 5) is 8.73. The minimum atomic E-state index is -0.279. The van der Waals surface area contributed by atoms with Gasteiger partial charge in [0, 0.05) is 18.0 Å². The predicted octanol–water partition coefficient (Wildman–Crippen LogP) is 4.16. The van der Waals surface area contributed by atoms with E-state index in [1.54, 1.807) is 12.1 Å². The highest BCUT2D eigenvalue weighted by Crippen LogP contribution is 2.28. The maximum absolute atomic E-state index is 13.2. The number of aromatic nitrogens is 2. The van der Waals surface area contributed by atoms with Gasteiger partial charge in [0.05, 0.1) is 0 Å². The number of halogens is 1. The standard InChI is InChI=1S/C16H16FN3O/c1-3-6-18-16-9-13(19-10(2)20-16)15-8-11-7-12(17)4-5-14(11)21-15/h4-5,7-9H,3,6H2,1-2H3,(H,18,19,20). The molecule has 0 radical (unpaired) electrons. The molecule has 0 aliphatic heterocycles. The van der Waals surface area contributed by atoms with Crippen LogP contribution in [0.15, 0.2) is 34.7 Å². The average molecular weight is 285 g/mol. The van der Waals surface area contributed by atoms with Crippen molar-refractivity contribution in [3.63, 3.8) is 0 Å². The third-order valence-corrected chi connectivity index (χ3v) is 3.12. The van der Waals surface area contributed by atoms with Crippen molar-refractivity contribution in [3.05, 3.63) is 42.0 Å². The maximum Gasteiger partial charge on any atom is 0.154 e. The maximum atomic E-state index is 13.2. The molecule has 0 aliphatic rings. The normalized spacial score (nSPS) is 11.0. The Hall–Kier alpha value is -2.43. The summed E-state index contributed by atoms with van der Waals surface area (Å²) in [5.41, 5.74) is 1.34. The minimum absolute atomic E-state index is 0.279. The largest absolute Gasteiger partial charge is 0.454 e. The lowest BCUT2D eigenvalue weighted by Crippen LogP contribution is -2.04. The number of fused-ring (bicyclic) bond motifs is 1. The molecule has 1 N–H and O–H groups in total. The van der Waals surface area contributed by atoms with Crippen molar-refractivity contribution in [1.82, 2.24) is 9.97 Å². The van der Waals surface area contributed by atoms with Crippen LogP contribution in [0, 0.1) is 12.7 Å². The molecule has 108 valence electrons. The van der Waals surface area contributed by atoms with Gasteiger partial charge in [0.2, 0.25) is 0 Å². The second kappa shape index (κ2) is 5.52. The van der Waals surface area contributed by atoms with Crippen LogP contribution in [-0.4, -0.2) is 16.5 Å². The highest BCUT2D eigenvalue weighted by atomic mass is 19.1. The number of anilines is 1. The van der Waals surface area contributed by atoms with Gasteiger partial charge in [-0.15, -0.1) is 0 Å². The van der Waals surface area contributed by atoms with Gasteiger partial charge in [-0.1, -0.05) is 6.92 Å². The minimum Gasteiger partial charge on any atom is -0.454 e. The van der Waals surface area contributed by atoms with Crippen molar-refractivity contribution in [2.75, 3.05) is 11.9 Å². The fourth-order valence-electron chi connectivity index (χ4n) is 2.18. The van der Waals surface area contributed by atoms with Crippen LogP contribution in [0.3, 0.4) is 0 Å².